The summed E-state index contributed by atoms with van der Waals surface area (Å²) in [7, 11) is -4.13. The SMILES string of the molecule is O=C(CN(c1cccc(Cl)c1Cl)S(=O)(=O)c1ccccc1)N/N=C\c1ccc(Cl)c(Cl)c1. The second-order valence-electron chi connectivity index (χ2n) is 6.36. The van der Waals surface area contributed by atoms with Crippen LogP contribution in [0.3, 0.4) is 0 Å². The van der Waals surface area contributed by atoms with Crippen molar-refractivity contribution in [2.24, 2.45) is 5.10 Å². The highest BCUT2D eigenvalue weighted by Crippen LogP contribution is 2.35. The van der Waals surface area contributed by atoms with Gasteiger partial charge in [0.25, 0.3) is 15.9 Å². The molecule has 0 aliphatic rings. The number of anilines is 1. The molecule has 0 spiro atoms. The Balaban J connectivity index is 1.87. The minimum Gasteiger partial charge on any atom is -0.271 e. The van der Waals surface area contributed by atoms with Gasteiger partial charge in [0.05, 0.1) is 36.9 Å². The maximum Gasteiger partial charge on any atom is 0.264 e. The van der Waals surface area contributed by atoms with Crippen molar-refractivity contribution in [2.75, 3.05) is 10.8 Å². The second kappa shape index (κ2) is 10.6. The topological polar surface area (TPSA) is 78.8 Å². The Kier molecular flexibility index (Phi) is 8.03. The molecule has 3 rings (SSSR count). The Hall–Kier alpha value is -2.29. The number of carbonyl (C=O) groups is 1. The largest absolute Gasteiger partial charge is 0.271 e. The summed E-state index contributed by atoms with van der Waals surface area (Å²) in [4.78, 5) is 12.5. The third kappa shape index (κ3) is 5.74. The fourth-order valence-corrected chi connectivity index (χ4v) is 4.85. The highest BCUT2D eigenvalue weighted by atomic mass is 35.5. The number of halogens is 4. The number of nitrogens with zero attached hydrogens (tertiary/aromatic N) is 2. The van der Waals surface area contributed by atoms with Crippen LogP contribution in [0.1, 0.15) is 5.56 Å². The van der Waals surface area contributed by atoms with Crippen LogP contribution in [-0.2, 0) is 14.8 Å². The summed E-state index contributed by atoms with van der Waals surface area (Å²) in [6.45, 7) is -0.587. The number of sulfonamides is 1. The predicted octanol–water partition coefficient (Wildman–Crippen LogP) is 5.65. The number of hydrazone groups is 1. The molecule has 0 radical (unpaired) electrons. The zero-order chi connectivity index (χ0) is 23.3. The third-order valence-corrected chi connectivity index (χ3v) is 7.49. The fraction of sp³-hybridized carbons (Fsp3) is 0.0476. The van der Waals surface area contributed by atoms with E-state index in [9.17, 15) is 13.2 Å². The Morgan fingerprint density at radius 2 is 1.62 bits per heavy atom. The average molecular weight is 531 g/mol. The Labute approximate surface area is 205 Å². The van der Waals surface area contributed by atoms with Crippen molar-refractivity contribution >= 4 is 74.2 Å². The summed E-state index contributed by atoms with van der Waals surface area (Å²) in [5, 5.41) is 4.71. The summed E-state index contributed by atoms with van der Waals surface area (Å²) >= 11 is 24.1. The molecule has 0 aliphatic heterocycles. The van der Waals surface area contributed by atoms with Crippen molar-refractivity contribution < 1.29 is 13.2 Å². The molecule has 3 aromatic rings. The van der Waals surface area contributed by atoms with Gasteiger partial charge >= 0.3 is 0 Å². The van der Waals surface area contributed by atoms with Gasteiger partial charge in [0, 0.05) is 0 Å². The lowest BCUT2D eigenvalue weighted by atomic mass is 10.2. The van der Waals surface area contributed by atoms with E-state index in [0.29, 0.717) is 15.6 Å². The number of amides is 1. The Bertz CT molecular complexity index is 1270. The molecule has 11 heteroatoms. The van der Waals surface area contributed by atoms with Gasteiger partial charge in [0.15, 0.2) is 0 Å². The first-order valence-corrected chi connectivity index (χ1v) is 11.9. The van der Waals surface area contributed by atoms with Crippen molar-refractivity contribution in [1.82, 2.24) is 5.43 Å². The first-order chi connectivity index (χ1) is 15.2. The van der Waals surface area contributed by atoms with Crippen molar-refractivity contribution in [1.29, 1.82) is 0 Å². The summed E-state index contributed by atoms with van der Waals surface area (Å²) in [5.74, 6) is -0.697. The third-order valence-electron chi connectivity index (χ3n) is 4.16. The molecule has 0 heterocycles. The van der Waals surface area contributed by atoms with Gasteiger partial charge in [-0.1, -0.05) is 76.7 Å². The second-order valence-corrected chi connectivity index (χ2v) is 9.83. The molecule has 6 nitrogen and oxygen atoms in total. The van der Waals surface area contributed by atoms with Gasteiger partial charge in [0.2, 0.25) is 0 Å². The molecule has 1 N–H and O–H groups in total. The minimum atomic E-state index is -4.13. The van der Waals surface area contributed by atoms with E-state index in [1.165, 1.54) is 36.5 Å². The lowest BCUT2D eigenvalue weighted by Gasteiger charge is -2.24. The van der Waals surface area contributed by atoms with Gasteiger partial charge in [-0.15, -0.1) is 0 Å². The fourth-order valence-electron chi connectivity index (χ4n) is 2.64. The van der Waals surface area contributed by atoms with Gasteiger partial charge < -0.3 is 0 Å². The van der Waals surface area contributed by atoms with E-state index in [-0.39, 0.29) is 20.6 Å². The molecule has 0 aliphatic carbocycles. The van der Waals surface area contributed by atoms with E-state index in [0.717, 1.165) is 4.31 Å². The van der Waals surface area contributed by atoms with Crippen LogP contribution in [0.25, 0.3) is 0 Å². The number of hydrogen-bond acceptors (Lipinski definition) is 4. The van der Waals surface area contributed by atoms with Crippen LogP contribution in [0.15, 0.2) is 76.7 Å². The lowest BCUT2D eigenvalue weighted by molar-refractivity contribution is -0.119. The van der Waals surface area contributed by atoms with E-state index in [1.807, 2.05) is 0 Å². The number of rotatable bonds is 7. The molecule has 0 atom stereocenters. The molecule has 32 heavy (non-hydrogen) atoms. The lowest BCUT2D eigenvalue weighted by Crippen LogP contribution is -2.39. The van der Waals surface area contributed by atoms with E-state index in [4.69, 9.17) is 46.4 Å². The standard InChI is InChI=1S/C21H15Cl4N3O3S/c22-16-10-9-14(11-18(16)24)12-26-27-20(29)13-28(19-8-4-7-17(23)21(19)25)32(30,31)15-5-2-1-3-6-15/h1-12H,13H2,(H,27,29)/b26-12-. The van der Waals surface area contributed by atoms with Gasteiger partial charge in [0.1, 0.15) is 6.54 Å². The average Bonchev–Trinajstić information content (AvgIpc) is 2.77. The molecular formula is C21H15Cl4N3O3S. The molecular weight excluding hydrogens is 516 g/mol. The van der Waals surface area contributed by atoms with Crippen LogP contribution >= 0.6 is 46.4 Å². The molecule has 3 aromatic carbocycles. The van der Waals surface area contributed by atoms with Crippen LogP contribution in [-0.4, -0.2) is 27.1 Å². The highest BCUT2D eigenvalue weighted by Gasteiger charge is 2.29. The Morgan fingerprint density at radius 1 is 0.906 bits per heavy atom. The summed E-state index contributed by atoms with van der Waals surface area (Å²) in [5.41, 5.74) is 2.95. The number of carbonyl (C=O) groups excluding carboxylic acids is 1. The zero-order valence-electron chi connectivity index (χ0n) is 16.2. The van der Waals surface area contributed by atoms with Crippen LogP contribution in [0.4, 0.5) is 5.69 Å². The predicted molar refractivity (Wildman–Crippen MR) is 130 cm³/mol. The van der Waals surface area contributed by atoms with Crippen LogP contribution in [0.5, 0.6) is 0 Å². The van der Waals surface area contributed by atoms with Crippen molar-refractivity contribution in [3.05, 3.63) is 92.4 Å². The molecule has 1 amide bonds. The van der Waals surface area contributed by atoms with Gasteiger partial charge in [-0.2, -0.15) is 5.10 Å². The molecule has 0 aromatic heterocycles. The Morgan fingerprint density at radius 3 is 2.31 bits per heavy atom. The van der Waals surface area contributed by atoms with Gasteiger partial charge in [-0.05, 0) is 42.0 Å². The monoisotopic (exact) mass is 529 g/mol. The first-order valence-electron chi connectivity index (χ1n) is 8.99. The van der Waals surface area contributed by atoms with E-state index in [2.05, 4.69) is 10.5 Å². The first kappa shape index (κ1) is 24.4. The molecule has 0 fully saturated rings. The normalized spacial score (nSPS) is 11.5. The molecule has 0 saturated heterocycles. The number of benzene rings is 3. The van der Waals surface area contributed by atoms with Gasteiger partial charge in [-0.25, -0.2) is 13.8 Å². The maximum absolute atomic E-state index is 13.3. The van der Waals surface area contributed by atoms with E-state index >= 15 is 0 Å². The number of nitrogens with one attached hydrogen (secondary N) is 1. The zero-order valence-corrected chi connectivity index (χ0v) is 20.0. The molecule has 0 unspecified atom stereocenters. The van der Waals surface area contributed by atoms with E-state index < -0.39 is 22.5 Å². The number of hydrogen-bond donors (Lipinski definition) is 1. The van der Waals surface area contributed by atoms with Crippen LogP contribution in [0.2, 0.25) is 20.1 Å². The summed E-state index contributed by atoms with van der Waals surface area (Å²) in [6.07, 6.45) is 1.35. The smallest absolute Gasteiger partial charge is 0.264 e. The van der Waals surface area contributed by atoms with Crippen molar-refractivity contribution in [3.8, 4) is 0 Å². The minimum absolute atomic E-state index is 0.000722. The van der Waals surface area contributed by atoms with Crippen molar-refractivity contribution in [3.63, 3.8) is 0 Å². The van der Waals surface area contributed by atoms with Crippen LogP contribution in [0, 0.1) is 0 Å². The quantitative estimate of drug-likeness (QED) is 0.317. The highest BCUT2D eigenvalue weighted by molar-refractivity contribution is 7.92. The molecule has 0 bridgehead atoms. The maximum atomic E-state index is 13.3. The summed E-state index contributed by atoms with van der Waals surface area (Å²) < 4.78 is 27.4. The van der Waals surface area contributed by atoms with Gasteiger partial charge in [-0.3, -0.25) is 9.10 Å². The molecule has 0 saturated carbocycles. The van der Waals surface area contributed by atoms with E-state index in [1.54, 1.807) is 36.4 Å². The molecule has 166 valence electrons. The van der Waals surface area contributed by atoms with Crippen LogP contribution < -0.4 is 9.73 Å². The summed E-state index contributed by atoms with van der Waals surface area (Å²) in [6, 6.07) is 17.0. The van der Waals surface area contributed by atoms with Crippen molar-refractivity contribution in [2.45, 2.75) is 4.90 Å².